The molecule has 0 bridgehead atoms. The maximum Gasteiger partial charge on any atom is 0.231 e. The fourth-order valence-corrected chi connectivity index (χ4v) is 3.17. The van der Waals surface area contributed by atoms with Crippen LogP contribution in [0, 0.1) is 0 Å². The minimum atomic E-state index is -0.0825. The minimum absolute atomic E-state index is 0.0825. The van der Waals surface area contributed by atoms with Crippen molar-refractivity contribution in [3.05, 3.63) is 53.1 Å². The van der Waals surface area contributed by atoms with E-state index >= 15 is 0 Å². The summed E-state index contributed by atoms with van der Waals surface area (Å²) >= 11 is 0. The quantitative estimate of drug-likeness (QED) is 0.939. The maximum atomic E-state index is 5.92. The SMILES string of the molecule is CC1(C)Cc2cc(CNCc3ccc4c(c3)OCO4)ccc2O1. The number of benzene rings is 2. The van der Waals surface area contributed by atoms with Crippen molar-refractivity contribution in [2.24, 2.45) is 0 Å². The van der Waals surface area contributed by atoms with Gasteiger partial charge in [-0.3, -0.25) is 0 Å². The number of fused-ring (bicyclic) bond motifs is 2. The van der Waals surface area contributed by atoms with E-state index in [1.54, 1.807) is 0 Å². The van der Waals surface area contributed by atoms with Crippen LogP contribution in [0.25, 0.3) is 0 Å². The van der Waals surface area contributed by atoms with E-state index in [9.17, 15) is 0 Å². The molecule has 2 aliphatic rings. The molecule has 0 amide bonds. The summed E-state index contributed by atoms with van der Waals surface area (Å²) in [7, 11) is 0. The maximum absolute atomic E-state index is 5.92. The van der Waals surface area contributed by atoms with Crippen LogP contribution in [0.15, 0.2) is 36.4 Å². The van der Waals surface area contributed by atoms with Gasteiger partial charge in [0, 0.05) is 19.5 Å². The average molecular weight is 311 g/mol. The lowest BCUT2D eigenvalue weighted by molar-refractivity contribution is 0.138. The molecule has 2 aliphatic heterocycles. The van der Waals surface area contributed by atoms with Gasteiger partial charge in [0.25, 0.3) is 0 Å². The second kappa shape index (κ2) is 5.46. The van der Waals surface area contributed by atoms with Gasteiger partial charge in [0.15, 0.2) is 11.5 Å². The molecule has 0 saturated heterocycles. The van der Waals surface area contributed by atoms with E-state index in [0.29, 0.717) is 6.79 Å². The first-order valence-electron chi connectivity index (χ1n) is 7.99. The van der Waals surface area contributed by atoms with Crippen molar-refractivity contribution in [1.82, 2.24) is 5.32 Å². The predicted octanol–water partition coefficient (Wildman–Crippen LogP) is 3.42. The average Bonchev–Trinajstić information content (AvgIpc) is 3.08. The summed E-state index contributed by atoms with van der Waals surface area (Å²) in [5.74, 6) is 2.69. The molecule has 0 radical (unpaired) electrons. The first-order valence-corrected chi connectivity index (χ1v) is 7.99. The van der Waals surface area contributed by atoms with Gasteiger partial charge in [-0.25, -0.2) is 0 Å². The van der Waals surface area contributed by atoms with Gasteiger partial charge in [-0.1, -0.05) is 18.2 Å². The largest absolute Gasteiger partial charge is 0.487 e. The lowest BCUT2D eigenvalue weighted by Crippen LogP contribution is -2.24. The lowest BCUT2D eigenvalue weighted by atomic mass is 10.0. The Kier molecular flexibility index (Phi) is 3.42. The molecular formula is C19H21NO3. The Morgan fingerprint density at radius 1 is 0.913 bits per heavy atom. The van der Waals surface area contributed by atoms with Crippen LogP contribution in [0.4, 0.5) is 0 Å². The normalized spacial score (nSPS) is 17.0. The van der Waals surface area contributed by atoms with Gasteiger partial charge in [0.2, 0.25) is 6.79 Å². The molecule has 120 valence electrons. The summed E-state index contributed by atoms with van der Waals surface area (Å²) in [5, 5.41) is 3.48. The van der Waals surface area contributed by atoms with Crippen LogP contribution in [0.2, 0.25) is 0 Å². The van der Waals surface area contributed by atoms with Crippen LogP contribution in [-0.2, 0) is 19.5 Å². The van der Waals surface area contributed by atoms with E-state index < -0.39 is 0 Å². The van der Waals surface area contributed by atoms with Crippen molar-refractivity contribution >= 4 is 0 Å². The Labute approximate surface area is 136 Å². The number of rotatable bonds is 4. The summed E-state index contributed by atoms with van der Waals surface area (Å²) in [5.41, 5.74) is 3.70. The summed E-state index contributed by atoms with van der Waals surface area (Å²) in [6.07, 6.45) is 0.971. The van der Waals surface area contributed by atoms with Gasteiger partial charge in [-0.15, -0.1) is 0 Å². The molecule has 4 rings (SSSR count). The highest BCUT2D eigenvalue weighted by Gasteiger charge is 2.29. The Morgan fingerprint density at radius 2 is 1.61 bits per heavy atom. The van der Waals surface area contributed by atoms with Crippen LogP contribution < -0.4 is 19.5 Å². The summed E-state index contributed by atoms with van der Waals surface area (Å²) in [6.45, 7) is 6.22. The van der Waals surface area contributed by atoms with Crippen molar-refractivity contribution in [2.75, 3.05) is 6.79 Å². The number of hydrogen-bond acceptors (Lipinski definition) is 4. The van der Waals surface area contributed by atoms with Gasteiger partial charge in [0.1, 0.15) is 11.4 Å². The second-order valence-electron chi connectivity index (χ2n) is 6.77. The van der Waals surface area contributed by atoms with Gasteiger partial charge in [0.05, 0.1) is 0 Å². The third kappa shape index (κ3) is 2.99. The zero-order valence-electron chi connectivity index (χ0n) is 13.5. The van der Waals surface area contributed by atoms with E-state index in [1.165, 1.54) is 16.7 Å². The van der Waals surface area contributed by atoms with Crippen molar-refractivity contribution < 1.29 is 14.2 Å². The smallest absolute Gasteiger partial charge is 0.231 e. The zero-order valence-corrected chi connectivity index (χ0v) is 13.5. The van der Waals surface area contributed by atoms with Crippen LogP contribution in [0.5, 0.6) is 17.2 Å². The van der Waals surface area contributed by atoms with Crippen LogP contribution >= 0.6 is 0 Å². The Morgan fingerprint density at radius 3 is 2.43 bits per heavy atom. The summed E-state index contributed by atoms with van der Waals surface area (Å²) < 4.78 is 16.7. The van der Waals surface area contributed by atoms with E-state index in [2.05, 4.69) is 43.4 Å². The monoisotopic (exact) mass is 311 g/mol. The molecule has 4 heteroatoms. The van der Waals surface area contributed by atoms with Crippen molar-refractivity contribution in [2.45, 2.75) is 39.0 Å². The van der Waals surface area contributed by atoms with Gasteiger partial charge >= 0.3 is 0 Å². The highest BCUT2D eigenvalue weighted by atomic mass is 16.7. The number of hydrogen-bond donors (Lipinski definition) is 1. The lowest BCUT2D eigenvalue weighted by Gasteiger charge is -2.16. The Balaban J connectivity index is 1.37. The molecule has 0 saturated carbocycles. The number of nitrogens with one attached hydrogen (secondary N) is 1. The van der Waals surface area contributed by atoms with Crippen molar-refractivity contribution in [3.63, 3.8) is 0 Å². The fourth-order valence-electron chi connectivity index (χ4n) is 3.17. The summed E-state index contributed by atoms with van der Waals surface area (Å²) in [6, 6.07) is 12.5. The minimum Gasteiger partial charge on any atom is -0.487 e. The van der Waals surface area contributed by atoms with E-state index in [-0.39, 0.29) is 5.60 Å². The molecule has 0 unspecified atom stereocenters. The van der Waals surface area contributed by atoms with Crippen LogP contribution in [0.1, 0.15) is 30.5 Å². The predicted molar refractivity (Wildman–Crippen MR) is 88.0 cm³/mol. The molecule has 4 nitrogen and oxygen atoms in total. The second-order valence-corrected chi connectivity index (χ2v) is 6.77. The molecule has 23 heavy (non-hydrogen) atoms. The zero-order chi connectivity index (χ0) is 15.9. The van der Waals surface area contributed by atoms with Gasteiger partial charge in [-0.05, 0) is 48.7 Å². The summed E-state index contributed by atoms with van der Waals surface area (Å²) in [4.78, 5) is 0. The van der Waals surface area contributed by atoms with E-state index in [0.717, 1.165) is 36.8 Å². The van der Waals surface area contributed by atoms with Crippen LogP contribution in [0.3, 0.4) is 0 Å². The Hall–Kier alpha value is -2.20. The topological polar surface area (TPSA) is 39.7 Å². The standard InChI is InChI=1S/C19H21NO3/c1-19(2)9-15-7-13(3-5-16(15)23-19)10-20-11-14-4-6-17-18(8-14)22-12-21-17/h3-8,20H,9-12H2,1-2H3. The molecule has 2 heterocycles. The van der Waals surface area contributed by atoms with Crippen LogP contribution in [-0.4, -0.2) is 12.4 Å². The molecule has 1 N–H and O–H groups in total. The fraction of sp³-hybridized carbons (Fsp3) is 0.368. The van der Waals surface area contributed by atoms with Crippen molar-refractivity contribution in [3.8, 4) is 17.2 Å². The van der Waals surface area contributed by atoms with Crippen molar-refractivity contribution in [1.29, 1.82) is 0 Å². The third-order valence-electron chi connectivity index (χ3n) is 4.22. The molecule has 2 aromatic carbocycles. The number of ether oxygens (including phenoxy) is 3. The molecule has 2 aromatic rings. The molecule has 0 aliphatic carbocycles. The van der Waals surface area contributed by atoms with Gasteiger partial charge < -0.3 is 19.5 Å². The van der Waals surface area contributed by atoms with E-state index in [4.69, 9.17) is 14.2 Å². The molecule has 0 fully saturated rings. The first kappa shape index (κ1) is 14.4. The first-order chi connectivity index (χ1) is 11.1. The Bertz CT molecular complexity index is 739. The highest BCUT2D eigenvalue weighted by Crippen LogP contribution is 2.35. The van der Waals surface area contributed by atoms with E-state index in [1.807, 2.05) is 12.1 Å². The molecule has 0 aromatic heterocycles. The van der Waals surface area contributed by atoms with Gasteiger partial charge in [-0.2, -0.15) is 0 Å². The molecule has 0 atom stereocenters. The highest BCUT2D eigenvalue weighted by molar-refractivity contribution is 5.44. The molecule has 0 spiro atoms. The molecular weight excluding hydrogens is 290 g/mol. The third-order valence-corrected chi connectivity index (χ3v) is 4.22.